The van der Waals surface area contributed by atoms with Crippen LogP contribution < -0.4 is 10.6 Å². The summed E-state index contributed by atoms with van der Waals surface area (Å²) >= 11 is 9.66. The Bertz CT molecular complexity index is 1280. The lowest BCUT2D eigenvalue weighted by Crippen LogP contribution is -2.28. The van der Waals surface area contributed by atoms with Crippen LogP contribution in [-0.2, 0) is 16.1 Å². The number of ether oxygens (including phenoxy) is 1. The normalized spacial score (nSPS) is 11.0. The van der Waals surface area contributed by atoms with Crippen molar-refractivity contribution < 1.29 is 24.2 Å². The lowest BCUT2D eigenvalue weighted by atomic mass is 10.1. The monoisotopic (exact) mass is 542 g/mol. The van der Waals surface area contributed by atoms with Gasteiger partial charge in [0.1, 0.15) is 11.4 Å². The minimum absolute atomic E-state index is 0.0348. The number of rotatable bonds is 7. The standard InChI is InChI=1S/C25H20BrClN2O5/c1-34-25(33)22(13-16-6-2-3-8-20(16)26)29-24(32)19-10-9-17(12-21(19)27)23(31)28-14-15-5-4-7-18(30)11-15/h2-13,30H,14H2,1H3,(H,28,31)(H,29,32)/b22-13-. The highest BCUT2D eigenvalue weighted by Gasteiger charge is 2.19. The zero-order valence-electron chi connectivity index (χ0n) is 18.0. The van der Waals surface area contributed by atoms with Crippen LogP contribution in [-0.4, -0.2) is 30.0 Å². The van der Waals surface area contributed by atoms with Gasteiger partial charge in [-0.2, -0.15) is 0 Å². The van der Waals surface area contributed by atoms with Crippen LogP contribution in [0.2, 0.25) is 5.02 Å². The van der Waals surface area contributed by atoms with Gasteiger partial charge in [-0.1, -0.05) is 57.9 Å². The summed E-state index contributed by atoms with van der Waals surface area (Å²) in [5, 5.41) is 14.8. The van der Waals surface area contributed by atoms with Crippen LogP contribution in [0.3, 0.4) is 0 Å². The fourth-order valence-electron chi connectivity index (χ4n) is 2.98. The van der Waals surface area contributed by atoms with Gasteiger partial charge in [-0.3, -0.25) is 9.59 Å². The highest BCUT2D eigenvalue weighted by atomic mass is 79.9. The molecule has 0 heterocycles. The number of nitrogens with one attached hydrogen (secondary N) is 2. The van der Waals surface area contributed by atoms with E-state index in [-0.39, 0.29) is 34.1 Å². The zero-order chi connectivity index (χ0) is 24.7. The molecule has 3 aromatic rings. The first-order chi connectivity index (χ1) is 16.3. The van der Waals surface area contributed by atoms with Gasteiger partial charge in [0, 0.05) is 16.6 Å². The molecule has 3 N–H and O–H groups in total. The van der Waals surface area contributed by atoms with Crippen molar-refractivity contribution in [1.82, 2.24) is 10.6 Å². The second-order valence-electron chi connectivity index (χ2n) is 7.07. The fourth-order valence-corrected chi connectivity index (χ4v) is 3.65. The minimum Gasteiger partial charge on any atom is -0.508 e. The van der Waals surface area contributed by atoms with Crippen molar-refractivity contribution >= 4 is 51.4 Å². The van der Waals surface area contributed by atoms with E-state index in [0.717, 1.165) is 10.0 Å². The number of esters is 1. The fraction of sp³-hybridized carbons (Fsp3) is 0.0800. The number of halogens is 2. The smallest absolute Gasteiger partial charge is 0.354 e. The number of amides is 2. The average Bonchev–Trinajstić information content (AvgIpc) is 2.82. The van der Waals surface area contributed by atoms with Crippen LogP contribution in [0.5, 0.6) is 5.75 Å². The van der Waals surface area contributed by atoms with Crippen LogP contribution in [0.15, 0.2) is 76.9 Å². The average molecular weight is 544 g/mol. The summed E-state index contributed by atoms with van der Waals surface area (Å²) in [6.45, 7) is 0.204. The van der Waals surface area contributed by atoms with Crippen molar-refractivity contribution in [2.24, 2.45) is 0 Å². The Morgan fingerprint density at radius 3 is 2.47 bits per heavy atom. The van der Waals surface area contributed by atoms with Gasteiger partial charge in [0.05, 0.1) is 17.7 Å². The first-order valence-electron chi connectivity index (χ1n) is 10.00. The molecule has 0 aliphatic heterocycles. The summed E-state index contributed by atoms with van der Waals surface area (Å²) in [4.78, 5) is 37.5. The minimum atomic E-state index is -0.733. The van der Waals surface area contributed by atoms with Gasteiger partial charge in [0.15, 0.2) is 0 Å². The zero-order valence-corrected chi connectivity index (χ0v) is 20.3. The van der Waals surface area contributed by atoms with Gasteiger partial charge in [0.2, 0.25) is 0 Å². The van der Waals surface area contributed by atoms with E-state index in [1.807, 2.05) is 6.07 Å². The molecule has 3 rings (SSSR count). The predicted molar refractivity (Wildman–Crippen MR) is 132 cm³/mol. The molecule has 0 atom stereocenters. The molecule has 9 heteroatoms. The highest BCUT2D eigenvalue weighted by molar-refractivity contribution is 9.10. The molecule has 0 fully saturated rings. The molecule has 0 radical (unpaired) electrons. The predicted octanol–water partition coefficient (Wildman–Crippen LogP) is 4.68. The number of phenols is 1. The summed E-state index contributed by atoms with van der Waals surface area (Å²) < 4.78 is 5.50. The molecule has 174 valence electrons. The van der Waals surface area contributed by atoms with Gasteiger partial charge in [0.25, 0.3) is 11.8 Å². The van der Waals surface area contributed by atoms with Crippen LogP contribution in [0.4, 0.5) is 0 Å². The molecule has 3 aromatic carbocycles. The third-order valence-electron chi connectivity index (χ3n) is 4.70. The number of benzene rings is 3. The lowest BCUT2D eigenvalue weighted by Gasteiger charge is -2.11. The van der Waals surface area contributed by atoms with Gasteiger partial charge in [-0.15, -0.1) is 0 Å². The molecular weight excluding hydrogens is 524 g/mol. The van der Waals surface area contributed by atoms with E-state index in [0.29, 0.717) is 5.56 Å². The highest BCUT2D eigenvalue weighted by Crippen LogP contribution is 2.21. The number of phenolic OH excluding ortho intramolecular Hbond substituents is 1. The van der Waals surface area contributed by atoms with Crippen LogP contribution in [0.25, 0.3) is 6.08 Å². The topological polar surface area (TPSA) is 105 Å². The second-order valence-corrected chi connectivity index (χ2v) is 8.33. The summed E-state index contributed by atoms with van der Waals surface area (Å²) in [5.74, 6) is -1.67. The van der Waals surface area contributed by atoms with Crippen molar-refractivity contribution in [3.05, 3.63) is 104 Å². The van der Waals surface area contributed by atoms with E-state index < -0.39 is 17.8 Å². The molecule has 0 aromatic heterocycles. The Balaban J connectivity index is 1.74. The Kier molecular flexibility index (Phi) is 8.45. The van der Waals surface area contributed by atoms with Gasteiger partial charge < -0.3 is 20.5 Å². The Morgan fingerprint density at radius 1 is 1.03 bits per heavy atom. The van der Waals surface area contributed by atoms with Gasteiger partial charge in [-0.25, -0.2) is 4.79 Å². The molecule has 0 saturated heterocycles. The largest absolute Gasteiger partial charge is 0.508 e. The molecular formula is C25H20BrClN2O5. The molecule has 0 bridgehead atoms. The number of carbonyl (C=O) groups excluding carboxylic acids is 3. The molecule has 0 saturated carbocycles. The molecule has 7 nitrogen and oxygen atoms in total. The molecule has 0 aliphatic carbocycles. The van der Waals surface area contributed by atoms with Crippen LogP contribution >= 0.6 is 27.5 Å². The van der Waals surface area contributed by atoms with Crippen molar-refractivity contribution in [2.75, 3.05) is 7.11 Å². The third-order valence-corrected chi connectivity index (χ3v) is 5.73. The maximum Gasteiger partial charge on any atom is 0.354 e. The number of hydrogen-bond acceptors (Lipinski definition) is 5. The van der Waals surface area contributed by atoms with E-state index in [4.69, 9.17) is 16.3 Å². The van der Waals surface area contributed by atoms with Crippen molar-refractivity contribution in [1.29, 1.82) is 0 Å². The summed E-state index contributed by atoms with van der Waals surface area (Å²) in [5.41, 5.74) is 1.63. The van der Waals surface area contributed by atoms with E-state index in [1.54, 1.807) is 36.4 Å². The third kappa shape index (κ3) is 6.46. The molecule has 0 spiro atoms. The maximum atomic E-state index is 12.8. The van der Waals surface area contributed by atoms with E-state index in [2.05, 4.69) is 26.6 Å². The Labute approximate surface area is 209 Å². The SMILES string of the molecule is COC(=O)/C(=C/c1ccccc1Br)NC(=O)c1ccc(C(=O)NCc2cccc(O)c2)cc1Cl. The number of carbonyl (C=O) groups is 3. The number of methoxy groups -OCH3 is 1. The van der Waals surface area contributed by atoms with Crippen LogP contribution in [0, 0.1) is 0 Å². The molecule has 2 amide bonds. The second kappa shape index (κ2) is 11.5. The van der Waals surface area contributed by atoms with Gasteiger partial charge in [-0.05, 0) is 53.6 Å². The lowest BCUT2D eigenvalue weighted by molar-refractivity contribution is -0.136. The first-order valence-corrected chi connectivity index (χ1v) is 11.2. The van der Waals surface area contributed by atoms with E-state index in [1.165, 1.54) is 37.5 Å². The maximum absolute atomic E-state index is 12.8. The van der Waals surface area contributed by atoms with E-state index in [9.17, 15) is 19.5 Å². The van der Waals surface area contributed by atoms with E-state index >= 15 is 0 Å². The first kappa shape index (κ1) is 25.0. The van der Waals surface area contributed by atoms with Crippen molar-refractivity contribution in [3.63, 3.8) is 0 Å². The Morgan fingerprint density at radius 2 is 1.79 bits per heavy atom. The number of aromatic hydroxyl groups is 1. The van der Waals surface area contributed by atoms with Gasteiger partial charge >= 0.3 is 5.97 Å². The van der Waals surface area contributed by atoms with Crippen molar-refractivity contribution in [3.8, 4) is 5.75 Å². The van der Waals surface area contributed by atoms with Crippen LogP contribution in [0.1, 0.15) is 31.8 Å². The molecule has 34 heavy (non-hydrogen) atoms. The summed E-state index contributed by atoms with van der Waals surface area (Å²) in [7, 11) is 1.21. The number of hydrogen-bond donors (Lipinski definition) is 3. The summed E-state index contributed by atoms with van der Waals surface area (Å²) in [6, 6.07) is 17.9. The Hall–Kier alpha value is -3.62. The molecule has 0 unspecified atom stereocenters. The molecule has 0 aliphatic rings. The summed E-state index contributed by atoms with van der Waals surface area (Å²) in [6.07, 6.45) is 1.48. The van der Waals surface area contributed by atoms with Crippen molar-refractivity contribution in [2.45, 2.75) is 6.54 Å². The quantitative estimate of drug-likeness (QED) is 0.296.